The molecule has 1 aromatic heterocycles. The monoisotopic (exact) mass is 359 g/mol. The van der Waals surface area contributed by atoms with Crippen molar-refractivity contribution in [3.05, 3.63) is 45.6 Å². The average Bonchev–Trinajstić information content (AvgIpc) is 3.12. The minimum atomic E-state index is -0.0671. The molecule has 0 fully saturated rings. The van der Waals surface area contributed by atoms with Gasteiger partial charge in [0.25, 0.3) is 0 Å². The summed E-state index contributed by atoms with van der Waals surface area (Å²) in [6, 6.07) is 7.14. The van der Waals surface area contributed by atoms with Crippen LogP contribution in [0.25, 0.3) is 0 Å². The van der Waals surface area contributed by atoms with Gasteiger partial charge in [-0.3, -0.25) is 9.59 Å². The summed E-state index contributed by atoms with van der Waals surface area (Å²) < 4.78 is 10.4. The van der Waals surface area contributed by atoms with Gasteiger partial charge in [0.1, 0.15) is 0 Å². The number of nitrogens with zero attached hydrogens (tertiary/aromatic N) is 1. The molecule has 1 aliphatic heterocycles. The number of ether oxygens (including phenoxy) is 2. The summed E-state index contributed by atoms with van der Waals surface area (Å²) >= 11 is 1.75. The standard InChI is InChI=1S/C19H21NO4S/c1-23-16-5-3-13(11-17(16)24-2)15(21)4-6-19(22)20-9-7-18-14(12-20)8-10-25-18/h3,5,8,10-11H,4,6-7,9,12H2,1-2H3. The highest BCUT2D eigenvalue weighted by Gasteiger charge is 2.22. The number of fused-ring (bicyclic) bond motifs is 1. The Labute approximate surface area is 151 Å². The Bertz CT molecular complexity index is 783. The zero-order chi connectivity index (χ0) is 17.8. The molecule has 2 heterocycles. The van der Waals surface area contributed by atoms with Gasteiger partial charge in [0.05, 0.1) is 14.2 Å². The first-order valence-corrected chi connectivity index (χ1v) is 9.08. The second-order valence-electron chi connectivity index (χ2n) is 5.93. The van der Waals surface area contributed by atoms with E-state index in [2.05, 4.69) is 11.4 Å². The number of ketones is 1. The van der Waals surface area contributed by atoms with E-state index in [1.54, 1.807) is 36.6 Å². The molecule has 0 unspecified atom stereocenters. The summed E-state index contributed by atoms with van der Waals surface area (Å²) in [6.07, 6.45) is 1.33. The molecule has 132 valence electrons. The largest absolute Gasteiger partial charge is 0.493 e. The zero-order valence-electron chi connectivity index (χ0n) is 14.4. The maximum absolute atomic E-state index is 12.4. The molecule has 3 rings (SSSR count). The van der Waals surface area contributed by atoms with Crippen molar-refractivity contribution in [1.29, 1.82) is 0 Å². The van der Waals surface area contributed by atoms with Crippen LogP contribution in [0.15, 0.2) is 29.6 Å². The molecule has 0 saturated heterocycles. The number of methoxy groups -OCH3 is 2. The summed E-state index contributed by atoms with van der Waals surface area (Å²) in [5.74, 6) is 1.06. The third-order valence-corrected chi connectivity index (χ3v) is 5.45. The highest BCUT2D eigenvalue weighted by molar-refractivity contribution is 7.10. The highest BCUT2D eigenvalue weighted by atomic mass is 32.1. The van der Waals surface area contributed by atoms with E-state index in [1.807, 2.05) is 4.90 Å². The third-order valence-electron chi connectivity index (χ3n) is 4.43. The molecule has 1 aliphatic rings. The van der Waals surface area contributed by atoms with Crippen LogP contribution in [0.1, 0.15) is 33.6 Å². The summed E-state index contributed by atoms with van der Waals surface area (Å²) in [5, 5.41) is 2.07. The summed E-state index contributed by atoms with van der Waals surface area (Å²) in [7, 11) is 3.08. The van der Waals surface area contributed by atoms with Crippen LogP contribution >= 0.6 is 11.3 Å². The van der Waals surface area contributed by atoms with Gasteiger partial charge < -0.3 is 14.4 Å². The van der Waals surface area contributed by atoms with E-state index in [-0.39, 0.29) is 24.5 Å². The number of Topliss-reactive ketones (excluding diaryl/α,β-unsaturated/α-hetero) is 1. The van der Waals surface area contributed by atoms with Gasteiger partial charge in [-0.05, 0) is 41.6 Å². The van der Waals surface area contributed by atoms with Crippen molar-refractivity contribution >= 4 is 23.0 Å². The minimum Gasteiger partial charge on any atom is -0.493 e. The normalized spacial score (nSPS) is 13.3. The fraction of sp³-hybridized carbons (Fsp3) is 0.368. The molecule has 5 nitrogen and oxygen atoms in total. The van der Waals surface area contributed by atoms with Crippen molar-refractivity contribution in [1.82, 2.24) is 4.90 Å². The van der Waals surface area contributed by atoms with Gasteiger partial charge >= 0.3 is 0 Å². The molecule has 1 aromatic carbocycles. The zero-order valence-corrected chi connectivity index (χ0v) is 15.2. The van der Waals surface area contributed by atoms with Crippen molar-refractivity contribution in [2.75, 3.05) is 20.8 Å². The first-order valence-electron chi connectivity index (χ1n) is 8.20. The van der Waals surface area contributed by atoms with Gasteiger partial charge in [-0.15, -0.1) is 11.3 Å². The molecule has 0 spiro atoms. The molecule has 0 atom stereocenters. The molecule has 0 aliphatic carbocycles. The van der Waals surface area contributed by atoms with Gasteiger partial charge in [-0.1, -0.05) is 0 Å². The van der Waals surface area contributed by atoms with Crippen LogP contribution in [0.4, 0.5) is 0 Å². The van der Waals surface area contributed by atoms with E-state index in [4.69, 9.17) is 9.47 Å². The van der Waals surface area contributed by atoms with Gasteiger partial charge in [0, 0.05) is 36.4 Å². The summed E-state index contributed by atoms with van der Waals surface area (Å²) in [6.45, 7) is 1.39. The van der Waals surface area contributed by atoms with Crippen molar-refractivity contribution in [2.45, 2.75) is 25.8 Å². The number of thiophene rings is 1. The number of benzene rings is 1. The molecule has 1 amide bonds. The Kier molecular flexibility index (Phi) is 5.38. The number of hydrogen-bond donors (Lipinski definition) is 0. The van der Waals surface area contributed by atoms with Crippen LogP contribution in [-0.4, -0.2) is 37.4 Å². The van der Waals surface area contributed by atoms with E-state index in [0.717, 1.165) is 13.0 Å². The van der Waals surface area contributed by atoms with E-state index in [1.165, 1.54) is 17.6 Å². The molecule has 0 saturated carbocycles. The van der Waals surface area contributed by atoms with E-state index in [0.29, 0.717) is 23.6 Å². The quantitative estimate of drug-likeness (QED) is 0.743. The van der Waals surface area contributed by atoms with Crippen LogP contribution in [0.2, 0.25) is 0 Å². The molecule has 25 heavy (non-hydrogen) atoms. The topological polar surface area (TPSA) is 55.8 Å². The van der Waals surface area contributed by atoms with E-state index in [9.17, 15) is 9.59 Å². The Morgan fingerprint density at radius 1 is 1.12 bits per heavy atom. The number of carbonyl (C=O) groups is 2. The predicted molar refractivity (Wildman–Crippen MR) is 96.6 cm³/mol. The maximum atomic E-state index is 12.4. The lowest BCUT2D eigenvalue weighted by Gasteiger charge is -2.27. The van der Waals surface area contributed by atoms with Crippen LogP contribution in [0.3, 0.4) is 0 Å². The van der Waals surface area contributed by atoms with Crippen molar-refractivity contribution in [2.24, 2.45) is 0 Å². The van der Waals surface area contributed by atoms with Crippen molar-refractivity contribution in [3.63, 3.8) is 0 Å². The lowest BCUT2D eigenvalue weighted by molar-refractivity contribution is -0.132. The number of hydrogen-bond acceptors (Lipinski definition) is 5. The van der Waals surface area contributed by atoms with Gasteiger partial charge in [-0.2, -0.15) is 0 Å². The van der Waals surface area contributed by atoms with Gasteiger partial charge in [-0.25, -0.2) is 0 Å². The Morgan fingerprint density at radius 2 is 1.92 bits per heavy atom. The van der Waals surface area contributed by atoms with Crippen LogP contribution in [0, 0.1) is 0 Å². The molecule has 0 bridgehead atoms. The van der Waals surface area contributed by atoms with Crippen LogP contribution in [-0.2, 0) is 17.8 Å². The summed E-state index contributed by atoms with van der Waals surface area (Å²) in [5.41, 5.74) is 1.76. The molecular weight excluding hydrogens is 338 g/mol. The second kappa shape index (κ2) is 7.70. The Balaban J connectivity index is 1.58. The van der Waals surface area contributed by atoms with Gasteiger partial charge in [0.15, 0.2) is 17.3 Å². The highest BCUT2D eigenvalue weighted by Crippen LogP contribution is 2.28. The maximum Gasteiger partial charge on any atom is 0.223 e. The molecule has 0 N–H and O–H groups in total. The van der Waals surface area contributed by atoms with E-state index < -0.39 is 0 Å². The number of carbonyl (C=O) groups excluding carboxylic acids is 2. The number of amides is 1. The smallest absolute Gasteiger partial charge is 0.223 e. The Hall–Kier alpha value is -2.34. The number of rotatable bonds is 6. The fourth-order valence-electron chi connectivity index (χ4n) is 2.99. The minimum absolute atomic E-state index is 0.0330. The average molecular weight is 359 g/mol. The first kappa shape index (κ1) is 17.5. The molecule has 0 radical (unpaired) electrons. The first-order chi connectivity index (χ1) is 12.1. The lowest BCUT2D eigenvalue weighted by Crippen LogP contribution is -2.35. The Morgan fingerprint density at radius 3 is 2.68 bits per heavy atom. The van der Waals surface area contributed by atoms with Crippen molar-refractivity contribution in [3.8, 4) is 11.5 Å². The second-order valence-corrected chi connectivity index (χ2v) is 6.93. The summed E-state index contributed by atoms with van der Waals surface area (Å²) in [4.78, 5) is 28.0. The van der Waals surface area contributed by atoms with Crippen LogP contribution in [0.5, 0.6) is 11.5 Å². The SMILES string of the molecule is COc1ccc(C(=O)CCC(=O)N2CCc3sccc3C2)cc1OC. The lowest BCUT2D eigenvalue weighted by atomic mass is 10.0. The van der Waals surface area contributed by atoms with E-state index >= 15 is 0 Å². The molecule has 2 aromatic rings. The molecular formula is C19H21NO4S. The predicted octanol–water partition coefficient (Wildman–Crippen LogP) is 3.31. The molecule has 6 heteroatoms. The fourth-order valence-corrected chi connectivity index (χ4v) is 3.88. The van der Waals surface area contributed by atoms with Crippen molar-refractivity contribution < 1.29 is 19.1 Å². The third kappa shape index (κ3) is 3.85. The van der Waals surface area contributed by atoms with Crippen LogP contribution < -0.4 is 9.47 Å². The van der Waals surface area contributed by atoms with Gasteiger partial charge in [0.2, 0.25) is 5.91 Å².